The molecule has 172 valence electrons. The van der Waals surface area contributed by atoms with E-state index in [1.165, 1.54) is 16.4 Å². The van der Waals surface area contributed by atoms with Crippen LogP contribution in [0.4, 0.5) is 5.95 Å². The van der Waals surface area contributed by atoms with Gasteiger partial charge in [0, 0.05) is 43.0 Å². The van der Waals surface area contributed by atoms with Crippen molar-refractivity contribution in [3.8, 4) is 17.3 Å². The Labute approximate surface area is 205 Å². The minimum absolute atomic E-state index is 0.109. The lowest BCUT2D eigenvalue weighted by Gasteiger charge is -2.33. The third-order valence-electron chi connectivity index (χ3n) is 5.56. The van der Waals surface area contributed by atoms with Crippen molar-refractivity contribution in [3.63, 3.8) is 0 Å². The Morgan fingerprint density at radius 1 is 1.00 bits per heavy atom. The molecule has 0 atom stereocenters. The van der Waals surface area contributed by atoms with Crippen LogP contribution in [0.3, 0.4) is 0 Å². The number of anilines is 1. The van der Waals surface area contributed by atoms with Crippen LogP contribution in [0.15, 0.2) is 59.6 Å². The van der Waals surface area contributed by atoms with Crippen LogP contribution in [0.5, 0.6) is 0 Å². The second kappa shape index (κ2) is 8.85. The van der Waals surface area contributed by atoms with Gasteiger partial charge in [0.25, 0.3) is 5.78 Å². The minimum atomic E-state index is -3.71. The zero-order valence-electron chi connectivity index (χ0n) is 17.6. The molecule has 4 aromatic rings. The highest BCUT2D eigenvalue weighted by Crippen LogP contribution is 2.31. The van der Waals surface area contributed by atoms with Gasteiger partial charge in [-0.15, -0.1) is 5.10 Å². The number of fused-ring (bicyclic) bond motifs is 1. The van der Waals surface area contributed by atoms with Gasteiger partial charge in [0.2, 0.25) is 16.0 Å². The summed E-state index contributed by atoms with van der Waals surface area (Å²) in [4.78, 5) is 10.9. The van der Waals surface area contributed by atoms with Gasteiger partial charge in [-0.1, -0.05) is 29.3 Å². The molecule has 0 amide bonds. The molecule has 0 N–H and O–H groups in total. The number of hydrogen-bond donors (Lipinski definition) is 0. The Bertz CT molecular complexity index is 1540. The molecule has 2 aromatic heterocycles. The van der Waals surface area contributed by atoms with E-state index >= 15 is 0 Å². The van der Waals surface area contributed by atoms with E-state index in [-0.39, 0.29) is 18.0 Å². The Morgan fingerprint density at radius 3 is 2.56 bits per heavy atom. The number of nitriles is 1. The van der Waals surface area contributed by atoms with Gasteiger partial charge in [-0.2, -0.15) is 19.1 Å². The van der Waals surface area contributed by atoms with Crippen LogP contribution in [-0.4, -0.2) is 58.5 Å². The lowest BCUT2D eigenvalue weighted by molar-refractivity contribution is 0.382. The van der Waals surface area contributed by atoms with Crippen LogP contribution in [0.25, 0.3) is 17.0 Å². The van der Waals surface area contributed by atoms with Crippen LogP contribution >= 0.6 is 23.2 Å². The van der Waals surface area contributed by atoms with Gasteiger partial charge in [-0.3, -0.25) is 0 Å². The highest BCUT2D eigenvalue weighted by molar-refractivity contribution is 7.89. The van der Waals surface area contributed by atoms with Crippen LogP contribution in [0.2, 0.25) is 10.0 Å². The SMILES string of the molecule is N#Cc1cccc(S(=O)(=O)N2CCN(c3nc4nccc(-c5cc(Cl)ccc5Cl)n4n3)CC2)c1. The van der Waals surface area contributed by atoms with E-state index in [9.17, 15) is 8.42 Å². The summed E-state index contributed by atoms with van der Waals surface area (Å²) in [5.74, 6) is 0.841. The smallest absolute Gasteiger partial charge is 0.254 e. The highest BCUT2D eigenvalue weighted by Gasteiger charge is 2.30. The van der Waals surface area contributed by atoms with E-state index in [0.29, 0.717) is 51.7 Å². The maximum atomic E-state index is 13.0. The van der Waals surface area contributed by atoms with Gasteiger partial charge in [0.1, 0.15) is 0 Å². The first-order chi connectivity index (χ1) is 16.4. The predicted octanol–water partition coefficient (Wildman–Crippen LogP) is 3.48. The quantitative estimate of drug-likeness (QED) is 0.410. The Morgan fingerprint density at radius 2 is 1.79 bits per heavy atom. The van der Waals surface area contributed by atoms with E-state index < -0.39 is 10.0 Å². The second-order valence-corrected chi connectivity index (χ2v) is 10.4. The van der Waals surface area contributed by atoms with Gasteiger partial charge in [-0.25, -0.2) is 13.4 Å². The highest BCUT2D eigenvalue weighted by atomic mass is 35.5. The standard InChI is InChI=1S/C22H17Cl2N7O2S/c23-16-4-5-19(24)18(13-16)20-6-7-26-21-27-22(28-31(20)21)29-8-10-30(11-9-29)34(32,33)17-3-1-2-15(12-17)14-25/h1-7,12-13H,8-11H2. The molecule has 12 heteroatoms. The summed E-state index contributed by atoms with van der Waals surface area (Å²) in [5, 5.41) is 14.8. The van der Waals surface area contributed by atoms with E-state index in [1.54, 1.807) is 47.1 Å². The largest absolute Gasteiger partial charge is 0.337 e. The van der Waals surface area contributed by atoms with E-state index in [2.05, 4.69) is 15.1 Å². The summed E-state index contributed by atoms with van der Waals surface area (Å²) in [6.45, 7) is 1.33. The number of piperazine rings is 1. The Kier molecular flexibility index (Phi) is 5.87. The maximum absolute atomic E-state index is 13.0. The van der Waals surface area contributed by atoms with Gasteiger partial charge in [0.15, 0.2) is 0 Å². The predicted molar refractivity (Wildman–Crippen MR) is 128 cm³/mol. The van der Waals surface area contributed by atoms with Crippen LogP contribution < -0.4 is 4.90 Å². The van der Waals surface area contributed by atoms with Crippen molar-refractivity contribution in [2.45, 2.75) is 4.90 Å². The van der Waals surface area contributed by atoms with Crippen LogP contribution in [0, 0.1) is 11.3 Å². The normalized spacial score (nSPS) is 14.9. The summed E-state index contributed by atoms with van der Waals surface area (Å²) in [6.07, 6.45) is 1.63. The summed E-state index contributed by atoms with van der Waals surface area (Å²) in [5.41, 5.74) is 1.69. The van der Waals surface area contributed by atoms with Crippen molar-refractivity contribution in [1.82, 2.24) is 23.9 Å². The molecule has 0 spiro atoms. The molecule has 0 aliphatic carbocycles. The lowest BCUT2D eigenvalue weighted by atomic mass is 10.1. The number of sulfonamides is 1. The molecule has 2 aromatic carbocycles. The molecule has 0 bridgehead atoms. The minimum Gasteiger partial charge on any atom is -0.337 e. The lowest BCUT2D eigenvalue weighted by Crippen LogP contribution is -2.49. The third-order valence-corrected chi connectivity index (χ3v) is 8.02. The summed E-state index contributed by atoms with van der Waals surface area (Å²) < 4.78 is 29.1. The van der Waals surface area contributed by atoms with Crippen molar-refractivity contribution < 1.29 is 8.42 Å². The first-order valence-corrected chi connectivity index (χ1v) is 12.5. The number of benzene rings is 2. The maximum Gasteiger partial charge on any atom is 0.254 e. The van der Waals surface area contributed by atoms with E-state index in [4.69, 9.17) is 28.5 Å². The zero-order chi connectivity index (χ0) is 23.9. The van der Waals surface area contributed by atoms with Gasteiger partial charge >= 0.3 is 0 Å². The Balaban J connectivity index is 1.39. The first-order valence-electron chi connectivity index (χ1n) is 10.3. The molecule has 5 rings (SSSR count). The Hall–Kier alpha value is -3.23. The fourth-order valence-electron chi connectivity index (χ4n) is 3.82. The molecule has 34 heavy (non-hydrogen) atoms. The zero-order valence-corrected chi connectivity index (χ0v) is 20.0. The number of halogens is 2. The molecule has 1 aliphatic heterocycles. The molecule has 1 fully saturated rings. The summed E-state index contributed by atoms with van der Waals surface area (Å²) in [6, 6.07) is 15.0. The third kappa shape index (κ3) is 4.08. The topological polar surface area (TPSA) is 107 Å². The van der Waals surface area contributed by atoms with Gasteiger partial charge < -0.3 is 4.90 Å². The van der Waals surface area contributed by atoms with Crippen molar-refractivity contribution in [2.75, 3.05) is 31.1 Å². The van der Waals surface area contributed by atoms with Gasteiger partial charge in [0.05, 0.1) is 27.2 Å². The molecule has 1 saturated heterocycles. The molecule has 9 nitrogen and oxygen atoms in total. The molecule has 3 heterocycles. The average molecular weight is 514 g/mol. The van der Waals surface area contributed by atoms with Crippen molar-refractivity contribution in [2.24, 2.45) is 0 Å². The fourth-order valence-corrected chi connectivity index (χ4v) is 5.67. The van der Waals surface area contributed by atoms with E-state index in [0.717, 1.165) is 0 Å². The number of hydrogen-bond acceptors (Lipinski definition) is 7. The second-order valence-electron chi connectivity index (χ2n) is 7.61. The summed E-state index contributed by atoms with van der Waals surface area (Å²) >= 11 is 12.5. The fraction of sp³-hybridized carbons (Fsp3) is 0.182. The van der Waals surface area contributed by atoms with Crippen LogP contribution in [-0.2, 0) is 10.0 Å². The first kappa shape index (κ1) is 22.6. The number of nitrogens with zero attached hydrogens (tertiary/aromatic N) is 7. The molecule has 1 aliphatic rings. The average Bonchev–Trinajstić information content (AvgIpc) is 3.30. The van der Waals surface area contributed by atoms with Crippen molar-refractivity contribution in [1.29, 1.82) is 5.26 Å². The van der Waals surface area contributed by atoms with Crippen molar-refractivity contribution in [3.05, 3.63) is 70.3 Å². The number of aromatic nitrogens is 4. The molecule has 0 unspecified atom stereocenters. The van der Waals surface area contributed by atoms with Gasteiger partial charge in [-0.05, 0) is 42.5 Å². The molecular weight excluding hydrogens is 497 g/mol. The molecule has 0 saturated carbocycles. The number of rotatable bonds is 4. The monoisotopic (exact) mass is 513 g/mol. The molecular formula is C22H17Cl2N7O2S. The summed E-state index contributed by atoms with van der Waals surface area (Å²) in [7, 11) is -3.71. The van der Waals surface area contributed by atoms with E-state index in [1.807, 2.05) is 11.0 Å². The molecule has 0 radical (unpaired) electrons. The van der Waals surface area contributed by atoms with Crippen molar-refractivity contribution >= 4 is 45.0 Å². The van der Waals surface area contributed by atoms with Crippen LogP contribution in [0.1, 0.15) is 5.56 Å².